The van der Waals surface area contributed by atoms with E-state index < -0.39 is 0 Å². The molecule has 138 valence electrons. The van der Waals surface area contributed by atoms with E-state index in [1.165, 1.54) is 32.4 Å². The zero-order chi connectivity index (χ0) is 17.9. The van der Waals surface area contributed by atoms with Gasteiger partial charge in [-0.2, -0.15) is 0 Å². The number of hydrogen-bond acceptors (Lipinski definition) is 4. The highest BCUT2D eigenvalue weighted by Crippen LogP contribution is 2.13. The molecule has 0 spiro atoms. The molecule has 0 atom stereocenters. The minimum Gasteiger partial charge on any atom is -0.494 e. The van der Waals surface area contributed by atoms with Gasteiger partial charge in [0.2, 0.25) is 5.91 Å². The zero-order valence-electron chi connectivity index (χ0n) is 15.3. The summed E-state index contributed by atoms with van der Waals surface area (Å²) in [5.74, 6) is 0.865. The lowest BCUT2D eigenvalue weighted by molar-refractivity contribution is -0.121. The molecule has 0 unspecified atom stereocenters. The second-order valence-corrected chi connectivity index (χ2v) is 6.64. The third-order valence-corrected chi connectivity index (χ3v) is 4.50. The Morgan fingerprint density at radius 3 is 2.48 bits per heavy atom. The van der Waals surface area contributed by atoms with Gasteiger partial charge >= 0.3 is 0 Å². The van der Waals surface area contributed by atoms with E-state index in [2.05, 4.69) is 10.2 Å². The first-order chi connectivity index (χ1) is 12.1. The molecule has 2 rings (SSSR count). The Kier molecular flexibility index (Phi) is 8.46. The van der Waals surface area contributed by atoms with Crippen LogP contribution in [0.2, 0.25) is 0 Å². The molecule has 0 aliphatic carbocycles. The van der Waals surface area contributed by atoms with E-state index in [0.29, 0.717) is 25.0 Å². The molecule has 1 amide bonds. The lowest BCUT2D eigenvalue weighted by Gasteiger charge is -2.26. The molecule has 1 N–H and O–H groups in total. The maximum Gasteiger partial charge on any atom is 0.220 e. The van der Waals surface area contributed by atoms with Crippen LogP contribution in [0, 0.1) is 0 Å². The van der Waals surface area contributed by atoms with Gasteiger partial charge in [0.25, 0.3) is 0 Å². The van der Waals surface area contributed by atoms with Crippen LogP contribution in [0.15, 0.2) is 24.3 Å². The van der Waals surface area contributed by atoms with E-state index >= 15 is 0 Å². The highest BCUT2D eigenvalue weighted by atomic mass is 16.5. The van der Waals surface area contributed by atoms with Crippen LogP contribution < -0.4 is 10.1 Å². The van der Waals surface area contributed by atoms with Crippen molar-refractivity contribution in [3.05, 3.63) is 29.8 Å². The number of piperidine rings is 1. The number of amides is 1. The van der Waals surface area contributed by atoms with Gasteiger partial charge in [-0.05, 0) is 76.5 Å². The average Bonchev–Trinajstić information content (AvgIpc) is 2.63. The first-order valence-electron chi connectivity index (χ1n) is 9.38. The van der Waals surface area contributed by atoms with Crippen molar-refractivity contribution in [1.82, 2.24) is 10.2 Å². The fourth-order valence-corrected chi connectivity index (χ4v) is 3.01. The van der Waals surface area contributed by atoms with Crippen LogP contribution in [0.4, 0.5) is 0 Å². The molecule has 1 aromatic rings. The van der Waals surface area contributed by atoms with E-state index in [9.17, 15) is 9.59 Å². The summed E-state index contributed by atoms with van der Waals surface area (Å²) in [4.78, 5) is 25.5. The van der Waals surface area contributed by atoms with Crippen molar-refractivity contribution in [2.75, 3.05) is 32.8 Å². The average molecular weight is 346 g/mol. The molecule has 0 bridgehead atoms. The molecular weight excluding hydrogens is 316 g/mol. The summed E-state index contributed by atoms with van der Waals surface area (Å²) in [6, 6.07) is 7.09. The van der Waals surface area contributed by atoms with Crippen LogP contribution >= 0.6 is 0 Å². The second-order valence-electron chi connectivity index (χ2n) is 6.64. The third-order valence-electron chi connectivity index (χ3n) is 4.50. The lowest BCUT2D eigenvalue weighted by Crippen LogP contribution is -2.33. The zero-order valence-corrected chi connectivity index (χ0v) is 15.3. The molecule has 1 aliphatic rings. The monoisotopic (exact) mass is 346 g/mol. The van der Waals surface area contributed by atoms with Gasteiger partial charge in [0, 0.05) is 18.5 Å². The molecule has 1 fully saturated rings. The highest BCUT2D eigenvalue weighted by Gasteiger charge is 2.09. The third kappa shape index (κ3) is 7.69. The minimum absolute atomic E-state index is 0.0449. The smallest absolute Gasteiger partial charge is 0.220 e. The molecular formula is C20H30N2O3. The molecule has 0 aromatic heterocycles. The molecule has 25 heavy (non-hydrogen) atoms. The fourth-order valence-electron chi connectivity index (χ4n) is 3.01. The van der Waals surface area contributed by atoms with E-state index in [0.717, 1.165) is 25.3 Å². The number of Topliss-reactive ketones (excluding diaryl/α,β-unsaturated/α-hetero) is 1. The number of hydrogen-bond donors (Lipinski definition) is 1. The maximum atomic E-state index is 11.8. The first-order valence-corrected chi connectivity index (χ1v) is 9.38. The summed E-state index contributed by atoms with van der Waals surface area (Å²) in [5.41, 5.74) is 0.677. The Morgan fingerprint density at radius 1 is 1.08 bits per heavy atom. The fraction of sp³-hybridized carbons (Fsp3) is 0.600. The predicted molar refractivity (Wildman–Crippen MR) is 99.1 cm³/mol. The van der Waals surface area contributed by atoms with Gasteiger partial charge in [0.1, 0.15) is 5.75 Å². The Morgan fingerprint density at radius 2 is 1.80 bits per heavy atom. The number of carbonyl (C=O) groups is 2. The van der Waals surface area contributed by atoms with Gasteiger partial charge in [0.05, 0.1) is 6.61 Å². The summed E-state index contributed by atoms with van der Waals surface area (Å²) in [7, 11) is 0. The number of ether oxygens (including phenoxy) is 1. The van der Waals surface area contributed by atoms with Gasteiger partial charge in [-0.25, -0.2) is 0 Å². The van der Waals surface area contributed by atoms with E-state index in [1.54, 1.807) is 31.2 Å². The summed E-state index contributed by atoms with van der Waals surface area (Å²) in [6.07, 6.45) is 6.16. The number of nitrogens with zero attached hydrogens (tertiary/aromatic N) is 1. The van der Waals surface area contributed by atoms with Gasteiger partial charge < -0.3 is 15.0 Å². The molecule has 5 nitrogen and oxygen atoms in total. The second kappa shape index (κ2) is 10.9. The molecule has 0 radical (unpaired) electrons. The largest absolute Gasteiger partial charge is 0.494 e. The van der Waals surface area contributed by atoms with E-state index in [1.807, 2.05) is 0 Å². The summed E-state index contributed by atoms with van der Waals surface area (Å²) >= 11 is 0. The van der Waals surface area contributed by atoms with Gasteiger partial charge in [-0.15, -0.1) is 0 Å². The summed E-state index contributed by atoms with van der Waals surface area (Å²) in [6.45, 7) is 6.29. The normalized spacial score (nSPS) is 14.9. The van der Waals surface area contributed by atoms with Gasteiger partial charge in [-0.1, -0.05) is 6.42 Å². The van der Waals surface area contributed by atoms with Crippen molar-refractivity contribution in [3.63, 3.8) is 0 Å². The number of carbonyl (C=O) groups excluding carboxylic acids is 2. The SMILES string of the molecule is CC(=O)c1ccc(OCCCC(=O)NCCCN2CCCCC2)cc1. The lowest BCUT2D eigenvalue weighted by atomic mass is 10.1. The number of benzene rings is 1. The minimum atomic E-state index is 0.0449. The number of rotatable bonds is 10. The maximum absolute atomic E-state index is 11.8. The number of ketones is 1. The molecule has 1 aliphatic heterocycles. The standard InChI is InChI=1S/C20H30N2O3/c1-17(23)18-8-10-19(11-9-18)25-16-5-7-20(24)21-12-6-15-22-13-3-2-4-14-22/h8-11H,2-7,12-16H2,1H3,(H,21,24). The summed E-state index contributed by atoms with van der Waals surface area (Å²) in [5, 5.41) is 2.98. The van der Waals surface area contributed by atoms with Crippen LogP contribution in [0.5, 0.6) is 5.75 Å². The first kappa shape index (κ1) is 19.4. The molecule has 5 heteroatoms. The van der Waals surface area contributed by atoms with Gasteiger partial charge in [0.15, 0.2) is 5.78 Å². The molecule has 1 saturated heterocycles. The van der Waals surface area contributed by atoms with Crippen molar-refractivity contribution in [1.29, 1.82) is 0 Å². The molecule has 0 saturated carbocycles. The number of likely N-dealkylation sites (tertiary alicyclic amines) is 1. The molecule has 1 heterocycles. The van der Waals surface area contributed by atoms with Crippen LogP contribution in [-0.4, -0.2) is 49.4 Å². The Labute approximate surface area is 150 Å². The van der Waals surface area contributed by atoms with Crippen LogP contribution in [0.3, 0.4) is 0 Å². The Balaban J connectivity index is 1.49. The predicted octanol–water partition coefficient (Wildman–Crippen LogP) is 3.04. The quantitative estimate of drug-likeness (QED) is 0.522. The van der Waals surface area contributed by atoms with Crippen molar-refractivity contribution in [2.45, 2.75) is 45.4 Å². The van der Waals surface area contributed by atoms with E-state index in [-0.39, 0.29) is 11.7 Å². The van der Waals surface area contributed by atoms with Gasteiger partial charge in [-0.3, -0.25) is 9.59 Å². The van der Waals surface area contributed by atoms with E-state index in [4.69, 9.17) is 4.74 Å². The van der Waals surface area contributed by atoms with Crippen molar-refractivity contribution in [3.8, 4) is 5.75 Å². The van der Waals surface area contributed by atoms with Crippen molar-refractivity contribution < 1.29 is 14.3 Å². The van der Waals surface area contributed by atoms with Crippen molar-refractivity contribution in [2.24, 2.45) is 0 Å². The highest BCUT2D eigenvalue weighted by molar-refractivity contribution is 5.94. The van der Waals surface area contributed by atoms with Crippen LogP contribution in [0.25, 0.3) is 0 Å². The van der Waals surface area contributed by atoms with Crippen LogP contribution in [0.1, 0.15) is 55.8 Å². The Bertz CT molecular complexity index is 536. The summed E-state index contributed by atoms with van der Waals surface area (Å²) < 4.78 is 5.60. The topological polar surface area (TPSA) is 58.6 Å². The molecule has 1 aromatic carbocycles. The Hall–Kier alpha value is -1.88. The number of nitrogens with one attached hydrogen (secondary N) is 1. The van der Waals surface area contributed by atoms with Crippen molar-refractivity contribution >= 4 is 11.7 Å². The van der Waals surface area contributed by atoms with Crippen LogP contribution in [-0.2, 0) is 4.79 Å².